The highest BCUT2D eigenvalue weighted by molar-refractivity contribution is 5.75. The predicted molar refractivity (Wildman–Crippen MR) is 111 cm³/mol. The molecule has 6 heteroatoms. The van der Waals surface area contributed by atoms with Crippen LogP contribution < -0.4 is 5.32 Å². The number of urea groups is 1. The van der Waals surface area contributed by atoms with E-state index in [4.69, 9.17) is 0 Å². The summed E-state index contributed by atoms with van der Waals surface area (Å²) in [6.45, 7) is 9.68. The van der Waals surface area contributed by atoms with Crippen molar-refractivity contribution in [1.29, 1.82) is 0 Å². The van der Waals surface area contributed by atoms with E-state index < -0.39 is 0 Å². The van der Waals surface area contributed by atoms with Gasteiger partial charge in [-0.15, -0.1) is 0 Å². The molecule has 6 nitrogen and oxygen atoms in total. The highest BCUT2D eigenvalue weighted by atomic mass is 16.2. The maximum atomic E-state index is 13.3. The van der Waals surface area contributed by atoms with E-state index in [2.05, 4.69) is 36.2 Å². The third-order valence-electron chi connectivity index (χ3n) is 5.86. The summed E-state index contributed by atoms with van der Waals surface area (Å²) in [5.41, 5.74) is 4.31. The maximum Gasteiger partial charge on any atom is 0.318 e. The Morgan fingerprint density at radius 1 is 1.32 bits per heavy atom. The van der Waals surface area contributed by atoms with Gasteiger partial charge in [-0.2, -0.15) is 5.10 Å². The van der Waals surface area contributed by atoms with Gasteiger partial charge in [-0.1, -0.05) is 25.3 Å². The number of hydrogen-bond donors (Lipinski definition) is 1. The summed E-state index contributed by atoms with van der Waals surface area (Å²) < 4.78 is 2.00. The molecule has 0 aliphatic heterocycles. The first-order valence-corrected chi connectivity index (χ1v) is 10.5. The summed E-state index contributed by atoms with van der Waals surface area (Å²) in [5, 5.41) is 7.85. The van der Waals surface area contributed by atoms with Crippen molar-refractivity contribution in [3.8, 4) is 0 Å². The van der Waals surface area contributed by atoms with Crippen molar-refractivity contribution in [1.82, 2.24) is 25.0 Å². The topological polar surface area (TPSA) is 63.1 Å². The van der Waals surface area contributed by atoms with E-state index in [1.165, 1.54) is 19.3 Å². The van der Waals surface area contributed by atoms with Gasteiger partial charge in [-0.25, -0.2) is 4.79 Å². The lowest BCUT2D eigenvalue weighted by molar-refractivity contribution is 0.148. The van der Waals surface area contributed by atoms with E-state index in [1.807, 2.05) is 34.8 Å². The van der Waals surface area contributed by atoms with Crippen LogP contribution >= 0.6 is 0 Å². The van der Waals surface area contributed by atoms with Crippen LogP contribution in [0, 0.1) is 13.8 Å². The van der Waals surface area contributed by atoms with Gasteiger partial charge in [-0.3, -0.25) is 9.67 Å². The molecular formula is C22H33N5O. The molecule has 0 spiro atoms. The molecule has 1 aliphatic rings. The SMILES string of the molecule is CCn1nc(C)c(C(C)NC(=O)N(Cc2cccnc2)C2CCCCC2)c1C. The zero-order chi connectivity index (χ0) is 20.1. The zero-order valence-corrected chi connectivity index (χ0v) is 17.6. The third kappa shape index (κ3) is 4.54. The smallest absolute Gasteiger partial charge is 0.318 e. The summed E-state index contributed by atoms with van der Waals surface area (Å²) in [5.74, 6) is 0. The van der Waals surface area contributed by atoms with Gasteiger partial charge in [-0.05, 0) is 52.2 Å². The molecule has 1 fully saturated rings. The summed E-state index contributed by atoms with van der Waals surface area (Å²) in [7, 11) is 0. The molecule has 3 rings (SSSR count). The molecule has 28 heavy (non-hydrogen) atoms. The number of nitrogens with one attached hydrogen (secondary N) is 1. The maximum absolute atomic E-state index is 13.3. The molecule has 1 saturated carbocycles. The molecule has 1 N–H and O–H groups in total. The summed E-state index contributed by atoms with van der Waals surface area (Å²) in [4.78, 5) is 19.5. The summed E-state index contributed by atoms with van der Waals surface area (Å²) in [6, 6.07) is 4.20. The second kappa shape index (κ2) is 9.22. The second-order valence-corrected chi connectivity index (χ2v) is 7.85. The number of rotatable bonds is 6. The van der Waals surface area contributed by atoms with E-state index >= 15 is 0 Å². The van der Waals surface area contributed by atoms with E-state index in [-0.39, 0.29) is 12.1 Å². The lowest BCUT2D eigenvalue weighted by Gasteiger charge is -2.35. The van der Waals surface area contributed by atoms with Gasteiger partial charge in [0.25, 0.3) is 0 Å². The molecule has 0 bridgehead atoms. The molecule has 1 aliphatic carbocycles. The van der Waals surface area contributed by atoms with Crippen LogP contribution in [0.3, 0.4) is 0 Å². The van der Waals surface area contributed by atoms with Gasteiger partial charge in [0.2, 0.25) is 0 Å². The summed E-state index contributed by atoms with van der Waals surface area (Å²) in [6.07, 6.45) is 9.43. The van der Waals surface area contributed by atoms with Crippen LogP contribution in [0.1, 0.15) is 74.5 Å². The van der Waals surface area contributed by atoms with E-state index in [0.29, 0.717) is 12.6 Å². The average Bonchev–Trinajstić information content (AvgIpc) is 3.00. The van der Waals surface area contributed by atoms with Gasteiger partial charge < -0.3 is 10.2 Å². The van der Waals surface area contributed by atoms with Crippen LogP contribution in [0.4, 0.5) is 4.79 Å². The molecule has 2 heterocycles. The first-order valence-electron chi connectivity index (χ1n) is 10.5. The number of carbonyl (C=O) groups is 1. The first-order chi connectivity index (χ1) is 13.5. The second-order valence-electron chi connectivity index (χ2n) is 7.85. The van der Waals surface area contributed by atoms with Crippen LogP contribution in [0.25, 0.3) is 0 Å². The predicted octanol–water partition coefficient (Wildman–Crippen LogP) is 4.52. The van der Waals surface area contributed by atoms with E-state index in [1.54, 1.807) is 6.20 Å². The van der Waals surface area contributed by atoms with Crippen molar-refractivity contribution in [3.63, 3.8) is 0 Å². The highest BCUT2D eigenvalue weighted by Gasteiger charge is 2.28. The molecular weight excluding hydrogens is 350 g/mol. The van der Waals surface area contributed by atoms with E-state index in [9.17, 15) is 4.79 Å². The number of aromatic nitrogens is 3. The number of pyridine rings is 1. The van der Waals surface area contributed by atoms with Gasteiger partial charge >= 0.3 is 6.03 Å². The number of nitrogens with zero attached hydrogens (tertiary/aromatic N) is 4. The Bertz CT molecular complexity index is 780. The summed E-state index contributed by atoms with van der Waals surface area (Å²) >= 11 is 0. The van der Waals surface area contributed by atoms with Crippen molar-refractivity contribution < 1.29 is 4.79 Å². The standard InChI is InChI=1S/C22H33N5O/c1-5-27-18(4)21(17(3)25-27)16(2)24-22(28)26(20-11-7-6-8-12-20)15-19-10-9-13-23-14-19/h9-10,13-14,16,20H,5-8,11-12,15H2,1-4H3,(H,24,28). The van der Waals surface area contributed by atoms with Crippen LogP contribution in [-0.4, -0.2) is 31.7 Å². The Morgan fingerprint density at radius 2 is 2.07 bits per heavy atom. The number of carbonyl (C=O) groups excluding carboxylic acids is 1. The Balaban J connectivity index is 1.77. The Morgan fingerprint density at radius 3 is 2.68 bits per heavy atom. The Labute approximate surface area is 168 Å². The number of hydrogen-bond acceptors (Lipinski definition) is 3. The zero-order valence-electron chi connectivity index (χ0n) is 17.6. The van der Waals surface area contributed by atoms with Crippen LogP contribution in [-0.2, 0) is 13.1 Å². The van der Waals surface area contributed by atoms with Gasteiger partial charge in [0.05, 0.1) is 11.7 Å². The van der Waals surface area contributed by atoms with Crippen molar-refractivity contribution in [2.24, 2.45) is 0 Å². The normalized spacial score (nSPS) is 16.0. The molecule has 0 saturated heterocycles. The molecule has 0 radical (unpaired) electrons. The lowest BCUT2D eigenvalue weighted by atomic mass is 9.94. The molecule has 2 aromatic heterocycles. The monoisotopic (exact) mass is 383 g/mol. The van der Waals surface area contributed by atoms with Crippen molar-refractivity contribution in [3.05, 3.63) is 47.0 Å². The van der Waals surface area contributed by atoms with Crippen molar-refractivity contribution in [2.75, 3.05) is 0 Å². The van der Waals surface area contributed by atoms with Crippen molar-refractivity contribution in [2.45, 2.75) is 85.0 Å². The number of aryl methyl sites for hydroxylation is 2. The molecule has 0 aromatic carbocycles. The lowest BCUT2D eigenvalue weighted by Crippen LogP contribution is -2.47. The molecule has 1 unspecified atom stereocenters. The molecule has 2 aromatic rings. The average molecular weight is 384 g/mol. The Kier molecular flexibility index (Phi) is 6.70. The number of amides is 2. The molecule has 1 atom stereocenters. The van der Waals surface area contributed by atoms with Gasteiger partial charge in [0, 0.05) is 42.8 Å². The minimum atomic E-state index is -0.0761. The third-order valence-corrected chi connectivity index (χ3v) is 5.86. The molecule has 152 valence electrons. The van der Waals surface area contributed by atoms with Crippen LogP contribution in [0.15, 0.2) is 24.5 Å². The van der Waals surface area contributed by atoms with Crippen molar-refractivity contribution >= 4 is 6.03 Å². The minimum absolute atomic E-state index is 0.00583. The Hall–Kier alpha value is -2.37. The fourth-order valence-corrected chi connectivity index (χ4v) is 4.43. The van der Waals surface area contributed by atoms with Gasteiger partial charge in [0.15, 0.2) is 0 Å². The first kappa shape index (κ1) is 20.4. The highest BCUT2D eigenvalue weighted by Crippen LogP contribution is 2.26. The van der Waals surface area contributed by atoms with E-state index in [0.717, 1.165) is 41.9 Å². The largest absolute Gasteiger partial charge is 0.331 e. The fraction of sp³-hybridized carbons (Fsp3) is 0.591. The van der Waals surface area contributed by atoms with Crippen LogP contribution in [0.5, 0.6) is 0 Å². The minimum Gasteiger partial charge on any atom is -0.331 e. The quantitative estimate of drug-likeness (QED) is 0.798. The molecule has 2 amide bonds. The van der Waals surface area contributed by atoms with Crippen LogP contribution in [0.2, 0.25) is 0 Å². The van der Waals surface area contributed by atoms with Gasteiger partial charge in [0.1, 0.15) is 0 Å². The fourth-order valence-electron chi connectivity index (χ4n) is 4.43.